The molecule has 2 rings (SSSR count). The Kier molecular flexibility index (Phi) is 3.07. The van der Waals surface area contributed by atoms with E-state index in [1.807, 2.05) is 0 Å². The summed E-state index contributed by atoms with van der Waals surface area (Å²) in [5.74, 6) is -0.218. The molecule has 1 heterocycles. The van der Waals surface area contributed by atoms with Crippen LogP contribution in [-0.2, 0) is 19.0 Å². The summed E-state index contributed by atoms with van der Waals surface area (Å²) in [6, 6.07) is 0. The molecule has 0 radical (unpaired) electrons. The molecule has 0 spiro atoms. The lowest BCUT2D eigenvalue weighted by Crippen LogP contribution is -2.44. The van der Waals surface area contributed by atoms with Gasteiger partial charge in [0.15, 0.2) is 0 Å². The summed E-state index contributed by atoms with van der Waals surface area (Å²) in [7, 11) is 1.41. The van der Waals surface area contributed by atoms with E-state index in [1.54, 1.807) is 0 Å². The van der Waals surface area contributed by atoms with Gasteiger partial charge in [0.2, 0.25) is 0 Å². The van der Waals surface area contributed by atoms with Crippen molar-refractivity contribution in [2.75, 3.05) is 20.5 Å². The number of carbonyl (C=O) groups excluding carboxylic acids is 1. The first kappa shape index (κ1) is 10.6. The van der Waals surface area contributed by atoms with E-state index >= 15 is 0 Å². The lowest BCUT2D eigenvalue weighted by Gasteiger charge is -2.41. The molecule has 0 N–H and O–H groups in total. The smallest absolute Gasteiger partial charge is 0.308 e. The van der Waals surface area contributed by atoms with Crippen LogP contribution in [0.15, 0.2) is 11.6 Å². The second-order valence-electron chi connectivity index (χ2n) is 3.98. The van der Waals surface area contributed by atoms with Crippen LogP contribution < -0.4 is 0 Å². The van der Waals surface area contributed by atoms with Crippen LogP contribution in [0, 0.1) is 0 Å². The zero-order chi connectivity index (χ0) is 10.7. The fraction of sp³-hybridized carbons (Fsp3) is 0.727. The Balaban J connectivity index is 2.16. The monoisotopic (exact) mass is 212 g/mol. The average Bonchev–Trinajstić information content (AvgIpc) is 2.28. The zero-order valence-electron chi connectivity index (χ0n) is 8.95. The molecule has 84 valence electrons. The minimum atomic E-state index is -0.441. The number of hydrogen-bond donors (Lipinski definition) is 0. The molecule has 0 aromatic carbocycles. The van der Waals surface area contributed by atoms with Gasteiger partial charge in [0.05, 0.1) is 20.1 Å². The van der Waals surface area contributed by atoms with Crippen LogP contribution in [0.3, 0.4) is 0 Å². The van der Waals surface area contributed by atoms with Gasteiger partial charge in [-0.3, -0.25) is 4.79 Å². The zero-order valence-corrected chi connectivity index (χ0v) is 8.95. The van der Waals surface area contributed by atoms with E-state index in [4.69, 9.17) is 14.2 Å². The van der Waals surface area contributed by atoms with E-state index in [1.165, 1.54) is 7.11 Å². The fourth-order valence-corrected chi connectivity index (χ4v) is 2.23. The SMILES string of the molecule is COC(=O)C[C@]12CCCC=C1COCO2. The summed E-state index contributed by atoms with van der Waals surface area (Å²) >= 11 is 0. The molecule has 0 aromatic rings. The van der Waals surface area contributed by atoms with Crippen LogP contribution in [0.4, 0.5) is 0 Å². The maximum absolute atomic E-state index is 11.4. The third-order valence-electron chi connectivity index (χ3n) is 3.09. The Morgan fingerprint density at radius 2 is 2.53 bits per heavy atom. The highest BCUT2D eigenvalue weighted by molar-refractivity contribution is 5.71. The molecule has 1 aliphatic carbocycles. The van der Waals surface area contributed by atoms with E-state index in [0.717, 1.165) is 24.8 Å². The van der Waals surface area contributed by atoms with Gasteiger partial charge in [-0.15, -0.1) is 0 Å². The van der Waals surface area contributed by atoms with Crippen molar-refractivity contribution in [3.8, 4) is 0 Å². The molecular formula is C11H16O4. The van der Waals surface area contributed by atoms with Gasteiger partial charge in [-0.1, -0.05) is 6.08 Å². The molecule has 0 unspecified atom stereocenters. The number of methoxy groups -OCH3 is 1. The topological polar surface area (TPSA) is 44.8 Å². The Hall–Kier alpha value is -0.870. The fourth-order valence-electron chi connectivity index (χ4n) is 2.23. The van der Waals surface area contributed by atoms with E-state index in [9.17, 15) is 4.79 Å². The molecule has 4 heteroatoms. The number of carbonyl (C=O) groups is 1. The highest BCUT2D eigenvalue weighted by atomic mass is 16.7. The first-order chi connectivity index (χ1) is 7.27. The lowest BCUT2D eigenvalue weighted by molar-refractivity contribution is -0.178. The molecule has 1 aliphatic heterocycles. The van der Waals surface area contributed by atoms with Crippen LogP contribution in [0.5, 0.6) is 0 Å². The first-order valence-corrected chi connectivity index (χ1v) is 5.25. The predicted molar refractivity (Wildman–Crippen MR) is 53.2 cm³/mol. The van der Waals surface area contributed by atoms with Crippen molar-refractivity contribution in [2.24, 2.45) is 0 Å². The highest BCUT2D eigenvalue weighted by Gasteiger charge is 2.41. The van der Waals surface area contributed by atoms with Crippen molar-refractivity contribution in [1.29, 1.82) is 0 Å². The largest absolute Gasteiger partial charge is 0.469 e. The van der Waals surface area contributed by atoms with E-state index in [-0.39, 0.29) is 12.8 Å². The third-order valence-corrected chi connectivity index (χ3v) is 3.09. The standard InChI is InChI=1S/C11H16O4/c1-13-10(12)6-11-5-3-2-4-9(11)7-14-8-15-11/h4H,2-3,5-8H2,1H3/t11-/m1/s1. The second-order valence-corrected chi connectivity index (χ2v) is 3.98. The van der Waals surface area contributed by atoms with Gasteiger partial charge in [-0.05, 0) is 24.8 Å². The van der Waals surface area contributed by atoms with Crippen molar-refractivity contribution in [3.63, 3.8) is 0 Å². The Labute approximate surface area is 89.2 Å². The Bertz CT molecular complexity index is 284. The van der Waals surface area contributed by atoms with Crippen LogP contribution >= 0.6 is 0 Å². The van der Waals surface area contributed by atoms with Crippen LogP contribution in [0.1, 0.15) is 25.7 Å². The predicted octanol–water partition coefficient (Wildman–Crippen LogP) is 1.40. The summed E-state index contributed by atoms with van der Waals surface area (Å²) in [5, 5.41) is 0. The molecule has 0 saturated carbocycles. The van der Waals surface area contributed by atoms with Gasteiger partial charge < -0.3 is 14.2 Å². The van der Waals surface area contributed by atoms with Gasteiger partial charge in [-0.2, -0.15) is 0 Å². The van der Waals surface area contributed by atoms with Crippen molar-refractivity contribution < 1.29 is 19.0 Å². The third kappa shape index (κ3) is 2.06. The van der Waals surface area contributed by atoms with Gasteiger partial charge in [-0.25, -0.2) is 0 Å². The maximum atomic E-state index is 11.4. The number of allylic oxidation sites excluding steroid dienone is 1. The van der Waals surface area contributed by atoms with Crippen LogP contribution in [-0.4, -0.2) is 32.1 Å². The maximum Gasteiger partial charge on any atom is 0.308 e. The van der Waals surface area contributed by atoms with Gasteiger partial charge in [0.25, 0.3) is 0 Å². The van der Waals surface area contributed by atoms with Crippen LogP contribution in [0.25, 0.3) is 0 Å². The van der Waals surface area contributed by atoms with E-state index in [0.29, 0.717) is 13.0 Å². The number of ether oxygens (including phenoxy) is 3. The lowest BCUT2D eigenvalue weighted by atomic mass is 9.80. The summed E-state index contributed by atoms with van der Waals surface area (Å²) in [6.07, 6.45) is 5.42. The Morgan fingerprint density at radius 1 is 1.67 bits per heavy atom. The summed E-state index contributed by atoms with van der Waals surface area (Å²) in [4.78, 5) is 11.4. The first-order valence-electron chi connectivity index (χ1n) is 5.25. The average molecular weight is 212 g/mol. The molecule has 2 aliphatic rings. The van der Waals surface area contributed by atoms with Crippen molar-refractivity contribution in [1.82, 2.24) is 0 Å². The number of rotatable bonds is 2. The van der Waals surface area contributed by atoms with Gasteiger partial charge in [0.1, 0.15) is 12.4 Å². The number of hydrogen-bond acceptors (Lipinski definition) is 4. The highest BCUT2D eigenvalue weighted by Crippen LogP contribution is 2.38. The molecule has 15 heavy (non-hydrogen) atoms. The van der Waals surface area contributed by atoms with E-state index in [2.05, 4.69) is 6.08 Å². The van der Waals surface area contributed by atoms with Crippen LogP contribution in [0.2, 0.25) is 0 Å². The van der Waals surface area contributed by atoms with Gasteiger partial charge >= 0.3 is 5.97 Å². The molecule has 0 aromatic heterocycles. The molecular weight excluding hydrogens is 196 g/mol. The molecule has 1 fully saturated rings. The number of esters is 1. The quantitative estimate of drug-likeness (QED) is 0.512. The molecule has 0 amide bonds. The van der Waals surface area contributed by atoms with Crippen molar-refractivity contribution in [3.05, 3.63) is 11.6 Å². The van der Waals surface area contributed by atoms with Crippen molar-refractivity contribution >= 4 is 5.97 Å². The molecule has 4 nitrogen and oxygen atoms in total. The molecule has 0 bridgehead atoms. The molecule has 1 saturated heterocycles. The van der Waals surface area contributed by atoms with Gasteiger partial charge in [0, 0.05) is 0 Å². The second kappa shape index (κ2) is 4.33. The summed E-state index contributed by atoms with van der Waals surface area (Å²) < 4.78 is 15.6. The minimum absolute atomic E-state index is 0.218. The summed E-state index contributed by atoms with van der Waals surface area (Å²) in [5.41, 5.74) is 0.661. The normalized spacial score (nSPS) is 30.3. The molecule has 1 atom stereocenters. The van der Waals surface area contributed by atoms with E-state index < -0.39 is 5.60 Å². The number of fused-ring (bicyclic) bond motifs is 1. The Morgan fingerprint density at radius 3 is 3.33 bits per heavy atom. The minimum Gasteiger partial charge on any atom is -0.469 e. The summed E-state index contributed by atoms with van der Waals surface area (Å²) in [6.45, 7) is 0.853. The van der Waals surface area contributed by atoms with Crippen molar-refractivity contribution in [2.45, 2.75) is 31.3 Å².